The highest BCUT2D eigenvalue weighted by atomic mass is 35.5. The van der Waals surface area contributed by atoms with Gasteiger partial charge in [-0.3, -0.25) is 4.79 Å². The van der Waals surface area contributed by atoms with Crippen LogP contribution >= 0.6 is 12.4 Å². The highest BCUT2D eigenvalue weighted by Crippen LogP contribution is 2.22. The lowest BCUT2D eigenvalue weighted by Gasteiger charge is -2.00. The number of benzene rings is 1. The van der Waals surface area contributed by atoms with Gasteiger partial charge in [0.2, 0.25) is 5.91 Å². The number of fused-ring (bicyclic) bond motifs is 1. The van der Waals surface area contributed by atoms with Crippen LogP contribution in [0.15, 0.2) is 18.2 Å². The van der Waals surface area contributed by atoms with Crippen molar-refractivity contribution in [1.82, 2.24) is 0 Å². The van der Waals surface area contributed by atoms with E-state index in [1.54, 1.807) is 6.07 Å². The molecule has 1 aliphatic heterocycles. The number of amides is 1. The van der Waals surface area contributed by atoms with E-state index in [2.05, 4.69) is 5.32 Å². The van der Waals surface area contributed by atoms with Crippen LogP contribution < -0.4 is 11.1 Å². The van der Waals surface area contributed by atoms with Gasteiger partial charge in [-0.05, 0) is 30.2 Å². The number of carbonyl (C=O) groups is 1. The molecular formula is C9H11ClN2O. The first kappa shape index (κ1) is 9.86. The smallest absolute Gasteiger partial charge is 0.248 e. The third kappa shape index (κ3) is 1.75. The van der Waals surface area contributed by atoms with Gasteiger partial charge in [0, 0.05) is 17.8 Å². The minimum Gasteiger partial charge on any atom is -0.384 e. The largest absolute Gasteiger partial charge is 0.384 e. The maximum absolute atomic E-state index is 10.8. The molecule has 3 nitrogen and oxygen atoms in total. The molecule has 0 fully saturated rings. The minimum atomic E-state index is -0.357. The zero-order valence-electron chi connectivity index (χ0n) is 7.04. The summed E-state index contributed by atoms with van der Waals surface area (Å²) in [7, 11) is 0. The Hall–Kier alpha value is -1.22. The Morgan fingerprint density at radius 3 is 2.92 bits per heavy atom. The van der Waals surface area contributed by atoms with E-state index in [9.17, 15) is 4.79 Å². The number of rotatable bonds is 1. The maximum Gasteiger partial charge on any atom is 0.248 e. The number of hydrogen-bond donors (Lipinski definition) is 2. The average Bonchev–Trinajstić information content (AvgIpc) is 2.49. The molecule has 13 heavy (non-hydrogen) atoms. The van der Waals surface area contributed by atoms with E-state index in [1.165, 1.54) is 5.56 Å². The summed E-state index contributed by atoms with van der Waals surface area (Å²) in [6.07, 6.45) is 0.983. The van der Waals surface area contributed by atoms with Crippen molar-refractivity contribution in [2.45, 2.75) is 6.42 Å². The van der Waals surface area contributed by atoms with Gasteiger partial charge < -0.3 is 11.1 Å². The first-order valence-corrected chi connectivity index (χ1v) is 3.94. The van der Waals surface area contributed by atoms with Crippen molar-refractivity contribution in [2.24, 2.45) is 5.73 Å². The Bertz CT molecular complexity index is 338. The summed E-state index contributed by atoms with van der Waals surface area (Å²) in [5.74, 6) is -0.357. The number of primary amides is 1. The summed E-state index contributed by atoms with van der Waals surface area (Å²) >= 11 is 0. The van der Waals surface area contributed by atoms with Crippen LogP contribution in [0.2, 0.25) is 0 Å². The van der Waals surface area contributed by atoms with E-state index in [-0.39, 0.29) is 18.3 Å². The molecule has 0 saturated heterocycles. The number of nitrogens with one attached hydrogen (secondary N) is 1. The van der Waals surface area contributed by atoms with Crippen LogP contribution in [0.4, 0.5) is 5.69 Å². The number of hydrogen-bond acceptors (Lipinski definition) is 2. The van der Waals surface area contributed by atoms with Crippen molar-refractivity contribution in [3.8, 4) is 0 Å². The minimum absolute atomic E-state index is 0. The predicted octanol–water partition coefficient (Wildman–Crippen LogP) is 1.18. The molecule has 0 aromatic heterocycles. The summed E-state index contributed by atoms with van der Waals surface area (Å²) in [4.78, 5) is 10.8. The molecule has 0 radical (unpaired) electrons. The molecule has 0 atom stereocenters. The van der Waals surface area contributed by atoms with Gasteiger partial charge in [0.25, 0.3) is 0 Å². The summed E-state index contributed by atoms with van der Waals surface area (Å²) < 4.78 is 0. The Morgan fingerprint density at radius 2 is 2.23 bits per heavy atom. The molecule has 0 aliphatic carbocycles. The second-order valence-electron chi connectivity index (χ2n) is 2.91. The van der Waals surface area contributed by atoms with Crippen LogP contribution in [0, 0.1) is 0 Å². The number of anilines is 1. The van der Waals surface area contributed by atoms with E-state index in [0.29, 0.717) is 5.56 Å². The van der Waals surface area contributed by atoms with Crippen molar-refractivity contribution >= 4 is 24.0 Å². The molecule has 0 bridgehead atoms. The predicted molar refractivity (Wildman–Crippen MR) is 54.4 cm³/mol. The lowest BCUT2D eigenvalue weighted by atomic mass is 10.1. The van der Waals surface area contributed by atoms with Gasteiger partial charge in [-0.15, -0.1) is 12.4 Å². The van der Waals surface area contributed by atoms with E-state index >= 15 is 0 Å². The molecule has 70 valence electrons. The monoisotopic (exact) mass is 198 g/mol. The normalized spacial score (nSPS) is 12.6. The molecule has 1 aromatic carbocycles. The first-order chi connectivity index (χ1) is 5.77. The van der Waals surface area contributed by atoms with Crippen molar-refractivity contribution in [3.63, 3.8) is 0 Å². The molecule has 3 N–H and O–H groups in total. The Morgan fingerprint density at radius 1 is 1.46 bits per heavy atom. The molecule has 4 heteroatoms. The molecule has 2 rings (SSSR count). The topological polar surface area (TPSA) is 55.1 Å². The zero-order chi connectivity index (χ0) is 8.55. The zero-order valence-corrected chi connectivity index (χ0v) is 7.86. The van der Waals surface area contributed by atoms with Gasteiger partial charge in [-0.25, -0.2) is 0 Å². The second kappa shape index (κ2) is 3.66. The lowest BCUT2D eigenvalue weighted by molar-refractivity contribution is 0.100. The van der Waals surface area contributed by atoms with Crippen LogP contribution in [0.3, 0.4) is 0 Å². The molecule has 1 heterocycles. The van der Waals surface area contributed by atoms with Gasteiger partial charge in [0.15, 0.2) is 0 Å². The SMILES string of the molecule is Cl.NC(=O)c1ccc2c(c1)CCN2. The molecule has 0 spiro atoms. The van der Waals surface area contributed by atoms with Crippen molar-refractivity contribution < 1.29 is 4.79 Å². The van der Waals surface area contributed by atoms with Gasteiger partial charge >= 0.3 is 0 Å². The van der Waals surface area contributed by atoms with E-state index < -0.39 is 0 Å². The summed E-state index contributed by atoms with van der Waals surface area (Å²) in [5.41, 5.74) is 8.05. The Labute approximate surface area is 82.7 Å². The van der Waals surface area contributed by atoms with Crippen molar-refractivity contribution in [1.29, 1.82) is 0 Å². The van der Waals surface area contributed by atoms with Gasteiger partial charge in [0.1, 0.15) is 0 Å². The Kier molecular flexibility index (Phi) is 2.78. The molecule has 1 aromatic rings. The fourth-order valence-electron chi connectivity index (χ4n) is 1.46. The standard InChI is InChI=1S/C9H10N2O.ClH/c10-9(12)7-1-2-8-6(5-7)3-4-11-8;/h1-2,5,11H,3-4H2,(H2,10,12);1H. The van der Waals surface area contributed by atoms with E-state index in [4.69, 9.17) is 5.73 Å². The maximum atomic E-state index is 10.8. The molecule has 0 saturated carbocycles. The lowest BCUT2D eigenvalue weighted by Crippen LogP contribution is -2.10. The van der Waals surface area contributed by atoms with Crippen LogP contribution in [0.25, 0.3) is 0 Å². The van der Waals surface area contributed by atoms with Crippen LogP contribution in [-0.2, 0) is 6.42 Å². The number of carbonyl (C=O) groups excluding carboxylic acids is 1. The Balaban J connectivity index is 0.000000845. The number of halogens is 1. The van der Waals surface area contributed by atoms with Crippen molar-refractivity contribution in [3.05, 3.63) is 29.3 Å². The highest BCUT2D eigenvalue weighted by Gasteiger charge is 2.11. The van der Waals surface area contributed by atoms with Crippen LogP contribution in [0.5, 0.6) is 0 Å². The van der Waals surface area contributed by atoms with Gasteiger partial charge in [-0.1, -0.05) is 0 Å². The fourth-order valence-corrected chi connectivity index (χ4v) is 1.46. The van der Waals surface area contributed by atoms with E-state index in [1.807, 2.05) is 12.1 Å². The third-order valence-corrected chi connectivity index (χ3v) is 2.10. The quantitative estimate of drug-likeness (QED) is 0.712. The summed E-state index contributed by atoms with van der Waals surface area (Å²) in [6, 6.07) is 5.51. The number of nitrogens with two attached hydrogens (primary N) is 1. The van der Waals surface area contributed by atoms with Gasteiger partial charge in [0.05, 0.1) is 0 Å². The molecule has 0 unspecified atom stereocenters. The second-order valence-corrected chi connectivity index (χ2v) is 2.91. The molecule has 1 aliphatic rings. The summed E-state index contributed by atoms with van der Waals surface area (Å²) in [6.45, 7) is 0.956. The average molecular weight is 199 g/mol. The van der Waals surface area contributed by atoms with Crippen LogP contribution in [0.1, 0.15) is 15.9 Å². The fraction of sp³-hybridized carbons (Fsp3) is 0.222. The first-order valence-electron chi connectivity index (χ1n) is 3.94. The molecule has 1 amide bonds. The molecular weight excluding hydrogens is 188 g/mol. The van der Waals surface area contributed by atoms with Crippen molar-refractivity contribution in [2.75, 3.05) is 11.9 Å². The van der Waals surface area contributed by atoms with Crippen LogP contribution in [-0.4, -0.2) is 12.5 Å². The highest BCUT2D eigenvalue weighted by molar-refractivity contribution is 5.93. The van der Waals surface area contributed by atoms with E-state index in [0.717, 1.165) is 18.7 Å². The summed E-state index contributed by atoms with van der Waals surface area (Å²) in [5, 5.41) is 3.21. The third-order valence-electron chi connectivity index (χ3n) is 2.10. The van der Waals surface area contributed by atoms with Gasteiger partial charge in [-0.2, -0.15) is 0 Å².